The van der Waals surface area contributed by atoms with Gasteiger partial charge in [-0.15, -0.1) is 0 Å². The van der Waals surface area contributed by atoms with E-state index in [1.807, 2.05) is 0 Å². The average molecular weight is 602 g/mol. The SMILES string of the molecule is c1ccc(-c2ccc(N(c3ccccc3)c3ccc4cc5c(cc4c3)oc3c5ccc4c5cc6ccccc6cc5oc43)cc2)cc1. The van der Waals surface area contributed by atoms with Crippen LogP contribution in [0.1, 0.15) is 0 Å². The molecule has 0 amide bonds. The van der Waals surface area contributed by atoms with Crippen LogP contribution in [-0.4, -0.2) is 0 Å². The van der Waals surface area contributed by atoms with Crippen LogP contribution in [0.25, 0.3) is 76.5 Å². The molecule has 0 bridgehead atoms. The predicted octanol–water partition coefficient (Wildman–Crippen LogP) is 12.9. The van der Waals surface area contributed by atoms with Gasteiger partial charge in [0.1, 0.15) is 11.2 Å². The van der Waals surface area contributed by atoms with E-state index in [0.29, 0.717) is 0 Å². The maximum absolute atomic E-state index is 6.62. The molecule has 0 unspecified atom stereocenters. The standard InChI is InChI=1S/C44H27NO2/c1-3-9-28(10-4-1)29-15-18-35(19-16-29)45(34-13-5-2-6-14-34)36-20-17-32-25-40-38-22-21-37-39-24-30-11-7-8-12-31(30)26-41(39)46-43(37)44(38)47-42(40)27-33(32)23-36/h1-27H. The minimum Gasteiger partial charge on any atom is -0.452 e. The van der Waals surface area contributed by atoms with E-state index in [1.165, 1.54) is 21.9 Å². The van der Waals surface area contributed by atoms with Gasteiger partial charge in [0.2, 0.25) is 0 Å². The van der Waals surface area contributed by atoms with Crippen LogP contribution in [0.5, 0.6) is 0 Å². The fourth-order valence-electron chi connectivity index (χ4n) is 7.08. The highest BCUT2D eigenvalue weighted by atomic mass is 16.4. The molecule has 2 aromatic heterocycles. The molecule has 0 aliphatic carbocycles. The second-order valence-corrected chi connectivity index (χ2v) is 12.2. The van der Waals surface area contributed by atoms with Crippen molar-refractivity contribution in [2.24, 2.45) is 0 Å². The summed E-state index contributed by atoms with van der Waals surface area (Å²) >= 11 is 0. The van der Waals surface area contributed by atoms with Crippen molar-refractivity contribution in [1.29, 1.82) is 0 Å². The van der Waals surface area contributed by atoms with Gasteiger partial charge in [0.05, 0.1) is 0 Å². The van der Waals surface area contributed by atoms with Gasteiger partial charge in [0, 0.05) is 38.6 Å². The zero-order valence-corrected chi connectivity index (χ0v) is 25.4. The zero-order valence-electron chi connectivity index (χ0n) is 25.4. The quantitative estimate of drug-likeness (QED) is 0.201. The fourth-order valence-corrected chi connectivity index (χ4v) is 7.08. The van der Waals surface area contributed by atoms with Gasteiger partial charge in [-0.3, -0.25) is 0 Å². The number of rotatable bonds is 4. The molecule has 0 saturated heterocycles. The maximum Gasteiger partial charge on any atom is 0.178 e. The fraction of sp³-hybridized carbons (Fsp3) is 0. The molecule has 10 rings (SSSR count). The molecule has 0 spiro atoms. The normalized spacial score (nSPS) is 11.8. The number of nitrogens with zero attached hydrogens (tertiary/aromatic N) is 1. The summed E-state index contributed by atoms with van der Waals surface area (Å²) in [4.78, 5) is 2.30. The molecule has 3 nitrogen and oxygen atoms in total. The number of fused-ring (bicyclic) bond motifs is 9. The first-order chi connectivity index (χ1) is 23.3. The van der Waals surface area contributed by atoms with Crippen molar-refractivity contribution in [2.45, 2.75) is 0 Å². The Kier molecular flexibility index (Phi) is 5.57. The monoisotopic (exact) mass is 601 g/mol. The summed E-state index contributed by atoms with van der Waals surface area (Å²) in [7, 11) is 0. The first-order valence-electron chi connectivity index (χ1n) is 15.9. The van der Waals surface area contributed by atoms with Gasteiger partial charge in [-0.2, -0.15) is 0 Å². The van der Waals surface area contributed by atoms with Gasteiger partial charge in [-0.1, -0.05) is 91.0 Å². The highest BCUT2D eigenvalue weighted by molar-refractivity contribution is 6.21. The molecule has 0 fully saturated rings. The molecule has 8 aromatic carbocycles. The Morgan fingerprint density at radius 2 is 0.809 bits per heavy atom. The van der Waals surface area contributed by atoms with Crippen molar-refractivity contribution in [3.05, 3.63) is 164 Å². The molecule has 3 heteroatoms. The van der Waals surface area contributed by atoms with Crippen LogP contribution in [-0.2, 0) is 0 Å². The van der Waals surface area contributed by atoms with E-state index in [0.717, 1.165) is 71.7 Å². The zero-order chi connectivity index (χ0) is 30.9. The number of para-hydroxylation sites is 1. The lowest BCUT2D eigenvalue weighted by atomic mass is 10.0. The smallest absolute Gasteiger partial charge is 0.178 e. The first kappa shape index (κ1) is 26.0. The van der Waals surface area contributed by atoms with Crippen LogP contribution in [0.4, 0.5) is 17.1 Å². The van der Waals surface area contributed by atoms with Crippen molar-refractivity contribution in [2.75, 3.05) is 4.90 Å². The Morgan fingerprint density at radius 1 is 0.319 bits per heavy atom. The van der Waals surface area contributed by atoms with Crippen molar-refractivity contribution in [3.63, 3.8) is 0 Å². The van der Waals surface area contributed by atoms with Gasteiger partial charge in [-0.25, -0.2) is 0 Å². The summed E-state index contributed by atoms with van der Waals surface area (Å²) < 4.78 is 13.1. The second kappa shape index (κ2) is 10.1. The Labute approximate surface area is 270 Å². The predicted molar refractivity (Wildman–Crippen MR) is 196 cm³/mol. The van der Waals surface area contributed by atoms with E-state index < -0.39 is 0 Å². The summed E-state index contributed by atoms with van der Waals surface area (Å²) in [6.45, 7) is 0. The first-order valence-corrected chi connectivity index (χ1v) is 15.9. The number of anilines is 3. The van der Waals surface area contributed by atoms with Crippen LogP contribution < -0.4 is 4.90 Å². The molecular formula is C44H27NO2. The Hall–Kier alpha value is -6.32. The molecule has 0 N–H and O–H groups in total. The molecule has 0 atom stereocenters. The van der Waals surface area contributed by atoms with Crippen LogP contribution in [0.3, 0.4) is 0 Å². The summed E-state index contributed by atoms with van der Waals surface area (Å²) in [6, 6.07) is 58.0. The van der Waals surface area contributed by atoms with Gasteiger partial charge < -0.3 is 13.7 Å². The lowest BCUT2D eigenvalue weighted by Crippen LogP contribution is -2.09. The third-order valence-electron chi connectivity index (χ3n) is 9.39. The topological polar surface area (TPSA) is 29.5 Å². The summed E-state index contributed by atoms with van der Waals surface area (Å²) in [5, 5.41) is 8.96. The Balaban J connectivity index is 1.12. The molecule has 47 heavy (non-hydrogen) atoms. The Bertz CT molecular complexity index is 2770. The maximum atomic E-state index is 6.62. The second-order valence-electron chi connectivity index (χ2n) is 12.2. The molecule has 0 saturated carbocycles. The minimum absolute atomic E-state index is 0.790. The molecule has 0 aliphatic rings. The largest absolute Gasteiger partial charge is 0.452 e. The van der Waals surface area contributed by atoms with Gasteiger partial charge in [-0.05, 0) is 105 Å². The van der Waals surface area contributed by atoms with E-state index in [1.54, 1.807) is 0 Å². The number of furan rings is 2. The van der Waals surface area contributed by atoms with Crippen LogP contribution >= 0.6 is 0 Å². The van der Waals surface area contributed by atoms with Crippen molar-refractivity contribution in [1.82, 2.24) is 0 Å². The van der Waals surface area contributed by atoms with E-state index in [9.17, 15) is 0 Å². The highest BCUT2D eigenvalue weighted by Gasteiger charge is 2.18. The lowest BCUT2D eigenvalue weighted by molar-refractivity contribution is 0.634. The van der Waals surface area contributed by atoms with Gasteiger partial charge >= 0.3 is 0 Å². The number of hydrogen-bond donors (Lipinski definition) is 0. The van der Waals surface area contributed by atoms with E-state index in [2.05, 4.69) is 169 Å². The number of benzene rings is 8. The molecule has 10 aromatic rings. The third kappa shape index (κ3) is 4.14. The third-order valence-corrected chi connectivity index (χ3v) is 9.39. The van der Waals surface area contributed by atoms with E-state index in [4.69, 9.17) is 8.83 Å². The average Bonchev–Trinajstić information content (AvgIpc) is 3.68. The van der Waals surface area contributed by atoms with Crippen LogP contribution in [0.15, 0.2) is 173 Å². The molecular weight excluding hydrogens is 574 g/mol. The Morgan fingerprint density at radius 3 is 1.47 bits per heavy atom. The van der Waals surface area contributed by atoms with Gasteiger partial charge in [0.25, 0.3) is 0 Å². The van der Waals surface area contributed by atoms with Crippen LogP contribution in [0.2, 0.25) is 0 Å². The van der Waals surface area contributed by atoms with E-state index >= 15 is 0 Å². The van der Waals surface area contributed by atoms with Crippen LogP contribution in [0, 0.1) is 0 Å². The number of hydrogen-bond acceptors (Lipinski definition) is 3. The van der Waals surface area contributed by atoms with E-state index in [-0.39, 0.29) is 0 Å². The molecule has 0 radical (unpaired) electrons. The van der Waals surface area contributed by atoms with Crippen molar-refractivity contribution < 1.29 is 8.83 Å². The molecule has 2 heterocycles. The van der Waals surface area contributed by atoms with Gasteiger partial charge in [0.15, 0.2) is 11.2 Å². The summed E-state index contributed by atoms with van der Waals surface area (Å²) in [5.41, 5.74) is 8.99. The highest BCUT2D eigenvalue weighted by Crippen LogP contribution is 2.42. The minimum atomic E-state index is 0.790. The molecule has 0 aliphatic heterocycles. The summed E-state index contributed by atoms with van der Waals surface area (Å²) in [6.07, 6.45) is 0. The molecule has 220 valence electrons. The summed E-state index contributed by atoms with van der Waals surface area (Å²) in [5.74, 6) is 0. The van der Waals surface area contributed by atoms with Crippen molar-refractivity contribution >= 4 is 82.5 Å². The van der Waals surface area contributed by atoms with Crippen molar-refractivity contribution in [3.8, 4) is 11.1 Å². The lowest BCUT2D eigenvalue weighted by Gasteiger charge is -2.26.